The van der Waals surface area contributed by atoms with Crippen molar-refractivity contribution in [1.82, 2.24) is 20.3 Å². The van der Waals surface area contributed by atoms with Gasteiger partial charge in [0.25, 0.3) is 5.91 Å². The topological polar surface area (TPSA) is 108 Å². The van der Waals surface area contributed by atoms with Crippen LogP contribution in [0.5, 0.6) is 0 Å². The third-order valence-corrected chi connectivity index (χ3v) is 7.73. The summed E-state index contributed by atoms with van der Waals surface area (Å²) < 4.78 is 0. The lowest BCUT2D eigenvalue weighted by molar-refractivity contribution is 0.0695. The second-order valence-electron chi connectivity index (χ2n) is 8.86. The van der Waals surface area contributed by atoms with Crippen LogP contribution in [0.15, 0.2) is 72.4 Å². The van der Waals surface area contributed by atoms with Crippen LogP contribution in [0.4, 0.5) is 0 Å². The van der Waals surface area contributed by atoms with Crippen molar-refractivity contribution in [1.29, 1.82) is 0 Å². The number of aromatic carboxylic acids is 1. The minimum absolute atomic E-state index is 0.0328. The van der Waals surface area contributed by atoms with E-state index < -0.39 is 17.3 Å². The molecule has 0 aliphatic heterocycles. The molecule has 4 aromatic rings. The number of rotatable bonds is 8. The summed E-state index contributed by atoms with van der Waals surface area (Å²) in [5.41, 5.74) is 5.04. The largest absolute Gasteiger partial charge is 0.478 e. The fourth-order valence-corrected chi connectivity index (χ4v) is 5.74. The number of thiazole rings is 1. The van der Waals surface area contributed by atoms with Gasteiger partial charge in [0.1, 0.15) is 5.82 Å². The number of fused-ring (bicyclic) bond motifs is 1. The maximum atomic E-state index is 13.2. The summed E-state index contributed by atoms with van der Waals surface area (Å²) >= 11 is 8.23. The van der Waals surface area contributed by atoms with E-state index in [1.807, 2.05) is 49.4 Å². The van der Waals surface area contributed by atoms with Gasteiger partial charge in [-0.1, -0.05) is 49.8 Å². The molecular weight excluding hydrogens is 508 g/mol. The predicted octanol–water partition coefficient (Wildman–Crippen LogP) is 6.33. The highest BCUT2D eigenvalue weighted by Gasteiger charge is 2.32. The number of carboxylic acid groups (broad SMARTS) is 1. The number of carboxylic acids is 1. The average molecular weight is 533 g/mol. The van der Waals surface area contributed by atoms with E-state index in [4.69, 9.17) is 16.6 Å². The Morgan fingerprint density at radius 2 is 2.08 bits per heavy atom. The molecule has 3 atom stereocenters. The third-order valence-electron chi connectivity index (χ3n) is 6.45. The van der Waals surface area contributed by atoms with Gasteiger partial charge >= 0.3 is 5.97 Å². The van der Waals surface area contributed by atoms with Gasteiger partial charge in [-0.2, -0.15) is 0 Å². The summed E-state index contributed by atoms with van der Waals surface area (Å²) in [6.45, 7) is 2.05. The number of nitrogens with zero attached hydrogens (tertiary/aromatic N) is 2. The zero-order chi connectivity index (χ0) is 25.9. The van der Waals surface area contributed by atoms with Crippen LogP contribution in [-0.2, 0) is 0 Å². The van der Waals surface area contributed by atoms with Crippen LogP contribution >= 0.6 is 22.9 Å². The number of nitrogens with one attached hydrogen (secondary N) is 2. The Bertz CT molecular complexity index is 1480. The van der Waals surface area contributed by atoms with Crippen molar-refractivity contribution in [3.05, 3.63) is 99.8 Å². The Hall–Kier alpha value is -3.75. The molecule has 0 saturated carbocycles. The molecule has 2 unspecified atom stereocenters. The van der Waals surface area contributed by atoms with Crippen LogP contribution in [0.3, 0.4) is 0 Å². The highest BCUT2D eigenvalue weighted by Crippen LogP contribution is 2.41. The Balaban J connectivity index is 1.49. The van der Waals surface area contributed by atoms with Crippen LogP contribution < -0.4 is 5.32 Å². The summed E-state index contributed by atoms with van der Waals surface area (Å²) in [7, 11) is 0. The molecule has 0 spiro atoms. The molecule has 37 heavy (non-hydrogen) atoms. The molecule has 7 nitrogen and oxygen atoms in total. The van der Waals surface area contributed by atoms with E-state index in [0.29, 0.717) is 11.4 Å². The number of carbonyl (C=O) groups is 2. The number of benzene rings is 2. The molecule has 188 valence electrons. The zero-order valence-corrected chi connectivity index (χ0v) is 21.6. The summed E-state index contributed by atoms with van der Waals surface area (Å²) in [4.78, 5) is 38.7. The Kier molecular flexibility index (Phi) is 7.21. The monoisotopic (exact) mass is 532 g/mol. The number of hydrogen-bond donors (Lipinski definition) is 3. The number of aromatic amines is 1. The fourth-order valence-electron chi connectivity index (χ4n) is 4.67. The number of halogens is 1. The van der Waals surface area contributed by atoms with Crippen molar-refractivity contribution in [2.24, 2.45) is 0 Å². The number of para-hydroxylation sites is 2. The molecule has 3 N–H and O–H groups in total. The van der Waals surface area contributed by atoms with Crippen LogP contribution in [0.1, 0.15) is 68.7 Å². The Labute approximate surface area is 222 Å². The lowest BCUT2D eigenvalue weighted by Crippen LogP contribution is -2.28. The van der Waals surface area contributed by atoms with Gasteiger partial charge in [-0.05, 0) is 36.2 Å². The van der Waals surface area contributed by atoms with E-state index in [2.05, 4.69) is 15.3 Å². The number of imidazole rings is 1. The third kappa shape index (κ3) is 5.08. The highest BCUT2D eigenvalue weighted by atomic mass is 35.5. The standard InChI is InChI=1S/C28H25ClN4O3S/c1-2-6-23(24-14-30-15-37-24)33-27(34)16-11-12-17(19(13-16)28(35)36)25-18(7-5-8-20(25)29)26-31-21-9-3-4-10-22(21)32-26/h3-5,7-15,20,23,25H,2,6H2,1H3,(H,31,32)(H,33,34)(H,35,36)/t20?,23?,25-/m1/s1. The van der Waals surface area contributed by atoms with Crippen LogP contribution in [0.25, 0.3) is 16.6 Å². The summed E-state index contributed by atoms with van der Waals surface area (Å²) in [6.07, 6.45) is 8.97. The Morgan fingerprint density at radius 3 is 2.81 bits per heavy atom. The molecule has 9 heteroatoms. The smallest absolute Gasteiger partial charge is 0.336 e. The van der Waals surface area contributed by atoms with E-state index >= 15 is 0 Å². The average Bonchev–Trinajstić information content (AvgIpc) is 3.58. The SMILES string of the molecule is CCCC(NC(=O)c1ccc([C@@H]2C(c3nc4ccccc4[nH]3)=CC=CC2Cl)c(C(=O)O)c1)c1cncs1. The van der Waals surface area contributed by atoms with E-state index in [9.17, 15) is 14.7 Å². The molecule has 1 amide bonds. The first-order chi connectivity index (χ1) is 18.0. The van der Waals surface area contributed by atoms with E-state index in [1.54, 1.807) is 23.8 Å². The molecule has 2 aromatic carbocycles. The maximum Gasteiger partial charge on any atom is 0.336 e. The fraction of sp³-hybridized carbons (Fsp3) is 0.214. The number of hydrogen-bond acceptors (Lipinski definition) is 5. The van der Waals surface area contributed by atoms with Crippen molar-refractivity contribution in [3.8, 4) is 0 Å². The van der Waals surface area contributed by atoms with Gasteiger partial charge in [-0.25, -0.2) is 9.78 Å². The first-order valence-electron chi connectivity index (χ1n) is 12.0. The first-order valence-corrected chi connectivity index (χ1v) is 13.3. The molecule has 2 heterocycles. The quantitative estimate of drug-likeness (QED) is 0.230. The van der Waals surface area contributed by atoms with Crippen molar-refractivity contribution >= 4 is 51.4 Å². The lowest BCUT2D eigenvalue weighted by Gasteiger charge is -2.27. The van der Waals surface area contributed by atoms with Gasteiger partial charge in [0.05, 0.1) is 33.5 Å². The van der Waals surface area contributed by atoms with Crippen LogP contribution in [-0.4, -0.2) is 37.3 Å². The lowest BCUT2D eigenvalue weighted by atomic mass is 9.81. The van der Waals surface area contributed by atoms with Gasteiger partial charge in [-0.15, -0.1) is 22.9 Å². The molecular formula is C28H25ClN4O3S. The second kappa shape index (κ2) is 10.7. The van der Waals surface area contributed by atoms with Gasteiger partial charge in [0, 0.05) is 28.1 Å². The number of H-pyrrole nitrogens is 1. The number of allylic oxidation sites excluding steroid dienone is 4. The normalized spacial score (nSPS) is 17.9. The first kappa shape index (κ1) is 24.9. The van der Waals surface area contributed by atoms with Crippen LogP contribution in [0, 0.1) is 0 Å². The van der Waals surface area contributed by atoms with Gasteiger partial charge in [0.2, 0.25) is 0 Å². The van der Waals surface area contributed by atoms with Crippen molar-refractivity contribution in [3.63, 3.8) is 0 Å². The summed E-state index contributed by atoms with van der Waals surface area (Å²) in [5.74, 6) is -1.30. The molecule has 2 aromatic heterocycles. The molecule has 1 aliphatic carbocycles. The molecule has 1 aliphatic rings. The number of carbonyl (C=O) groups excluding carboxylic acids is 1. The van der Waals surface area contributed by atoms with Gasteiger partial charge < -0.3 is 15.4 Å². The second-order valence-corrected chi connectivity index (χ2v) is 10.3. The van der Waals surface area contributed by atoms with Crippen LogP contribution in [0.2, 0.25) is 0 Å². The molecule has 0 radical (unpaired) electrons. The van der Waals surface area contributed by atoms with Gasteiger partial charge in [0.15, 0.2) is 0 Å². The number of amides is 1. The van der Waals surface area contributed by atoms with Crippen molar-refractivity contribution < 1.29 is 14.7 Å². The minimum Gasteiger partial charge on any atom is -0.478 e. The number of alkyl halides is 1. The summed E-state index contributed by atoms with van der Waals surface area (Å²) in [5, 5.41) is 12.7. The maximum absolute atomic E-state index is 13.2. The van der Waals surface area contributed by atoms with Crippen molar-refractivity contribution in [2.45, 2.75) is 37.1 Å². The Morgan fingerprint density at radius 1 is 1.24 bits per heavy atom. The van der Waals surface area contributed by atoms with Crippen molar-refractivity contribution in [2.75, 3.05) is 0 Å². The zero-order valence-electron chi connectivity index (χ0n) is 20.0. The highest BCUT2D eigenvalue weighted by molar-refractivity contribution is 7.09. The molecule has 0 fully saturated rings. The number of aromatic nitrogens is 3. The minimum atomic E-state index is -1.13. The van der Waals surface area contributed by atoms with Gasteiger partial charge in [-0.3, -0.25) is 9.78 Å². The molecule has 0 bridgehead atoms. The van der Waals surface area contributed by atoms with E-state index in [-0.39, 0.29) is 23.1 Å². The summed E-state index contributed by atoms with van der Waals surface area (Å²) in [6, 6.07) is 12.3. The molecule has 5 rings (SSSR count). The van der Waals surface area contributed by atoms with E-state index in [1.165, 1.54) is 17.4 Å². The van der Waals surface area contributed by atoms with E-state index in [0.717, 1.165) is 34.3 Å². The predicted molar refractivity (Wildman–Crippen MR) is 146 cm³/mol. The molecule has 0 saturated heterocycles.